The molecular weight excluding hydrogens is 446 g/mol. The van der Waals surface area contributed by atoms with Gasteiger partial charge in [0.25, 0.3) is 5.91 Å². The summed E-state index contributed by atoms with van der Waals surface area (Å²) in [6.45, 7) is 0. The Hall–Kier alpha value is -2.86. The standard InChI is InChI=1S/C24H22BrNO4/c25-18-10-6-16(7-11-18)21-14-15-22(30-21)23(27)26-19-12-8-17(9-13-19)24(28)29-20-4-2-1-3-5-20/h6-15,20H,1-5H2,(H,26,27). The van der Waals surface area contributed by atoms with Crippen LogP contribution in [0.2, 0.25) is 0 Å². The summed E-state index contributed by atoms with van der Waals surface area (Å²) >= 11 is 3.40. The Balaban J connectivity index is 1.36. The van der Waals surface area contributed by atoms with Crippen molar-refractivity contribution in [1.29, 1.82) is 0 Å². The van der Waals surface area contributed by atoms with Crippen LogP contribution in [0.4, 0.5) is 5.69 Å². The van der Waals surface area contributed by atoms with Crippen LogP contribution in [0.15, 0.2) is 69.6 Å². The van der Waals surface area contributed by atoms with Crippen molar-refractivity contribution >= 4 is 33.5 Å². The highest BCUT2D eigenvalue weighted by Crippen LogP contribution is 2.25. The predicted molar refractivity (Wildman–Crippen MR) is 119 cm³/mol. The number of hydrogen-bond donors (Lipinski definition) is 1. The van der Waals surface area contributed by atoms with Crippen LogP contribution in [0.25, 0.3) is 11.3 Å². The summed E-state index contributed by atoms with van der Waals surface area (Å²) in [5, 5.41) is 2.79. The van der Waals surface area contributed by atoms with E-state index in [-0.39, 0.29) is 23.7 Å². The molecule has 1 N–H and O–H groups in total. The second kappa shape index (κ2) is 9.30. The van der Waals surface area contributed by atoms with E-state index in [9.17, 15) is 9.59 Å². The van der Waals surface area contributed by atoms with Crippen LogP contribution in [0.5, 0.6) is 0 Å². The number of carbonyl (C=O) groups excluding carboxylic acids is 2. The van der Waals surface area contributed by atoms with E-state index in [1.54, 1.807) is 36.4 Å². The second-order valence-corrected chi connectivity index (χ2v) is 8.28. The van der Waals surface area contributed by atoms with Gasteiger partial charge in [0.05, 0.1) is 5.56 Å². The molecule has 0 unspecified atom stereocenters. The number of carbonyl (C=O) groups is 2. The molecule has 0 radical (unpaired) electrons. The Morgan fingerprint density at radius 2 is 1.60 bits per heavy atom. The van der Waals surface area contributed by atoms with Crippen molar-refractivity contribution in [3.63, 3.8) is 0 Å². The van der Waals surface area contributed by atoms with E-state index in [2.05, 4.69) is 21.2 Å². The molecule has 1 aromatic heterocycles. The Labute approximate surface area is 183 Å². The second-order valence-electron chi connectivity index (χ2n) is 7.37. The number of ether oxygens (including phenoxy) is 1. The largest absolute Gasteiger partial charge is 0.459 e. The van der Waals surface area contributed by atoms with Crippen LogP contribution >= 0.6 is 15.9 Å². The van der Waals surface area contributed by atoms with E-state index in [1.165, 1.54) is 6.42 Å². The van der Waals surface area contributed by atoms with Crippen LogP contribution in [-0.2, 0) is 4.74 Å². The van der Waals surface area contributed by atoms with E-state index in [0.717, 1.165) is 35.7 Å². The van der Waals surface area contributed by atoms with Crippen molar-refractivity contribution in [3.8, 4) is 11.3 Å². The van der Waals surface area contributed by atoms with Gasteiger partial charge in [0.2, 0.25) is 0 Å². The molecule has 1 fully saturated rings. The number of esters is 1. The van der Waals surface area contributed by atoms with Gasteiger partial charge in [-0.2, -0.15) is 0 Å². The summed E-state index contributed by atoms with van der Waals surface area (Å²) in [5.41, 5.74) is 1.95. The molecule has 1 heterocycles. The predicted octanol–water partition coefficient (Wildman–Crippen LogP) is 6.45. The smallest absolute Gasteiger partial charge is 0.338 e. The maximum absolute atomic E-state index is 12.5. The molecular formula is C24H22BrNO4. The van der Waals surface area contributed by atoms with Gasteiger partial charge in [0.15, 0.2) is 5.76 Å². The fraction of sp³-hybridized carbons (Fsp3) is 0.250. The normalized spacial score (nSPS) is 14.3. The molecule has 1 aliphatic carbocycles. The van der Waals surface area contributed by atoms with Crippen molar-refractivity contribution in [2.24, 2.45) is 0 Å². The number of halogens is 1. The van der Waals surface area contributed by atoms with Crippen LogP contribution in [0.1, 0.15) is 53.0 Å². The zero-order chi connectivity index (χ0) is 20.9. The van der Waals surface area contributed by atoms with Gasteiger partial charge in [-0.3, -0.25) is 4.79 Å². The fourth-order valence-electron chi connectivity index (χ4n) is 3.51. The maximum atomic E-state index is 12.5. The molecule has 0 bridgehead atoms. The zero-order valence-electron chi connectivity index (χ0n) is 16.4. The van der Waals surface area contributed by atoms with Gasteiger partial charge in [0.1, 0.15) is 11.9 Å². The Kier molecular flexibility index (Phi) is 6.33. The molecule has 3 aromatic rings. The number of benzene rings is 2. The third-order valence-corrected chi connectivity index (χ3v) is 5.69. The lowest BCUT2D eigenvalue weighted by Gasteiger charge is -2.21. The van der Waals surface area contributed by atoms with E-state index in [0.29, 0.717) is 17.0 Å². The molecule has 0 atom stereocenters. The first-order valence-electron chi connectivity index (χ1n) is 10.1. The summed E-state index contributed by atoms with van der Waals surface area (Å²) in [7, 11) is 0. The van der Waals surface area contributed by atoms with E-state index in [1.807, 2.05) is 24.3 Å². The van der Waals surface area contributed by atoms with Gasteiger partial charge in [-0.15, -0.1) is 0 Å². The van der Waals surface area contributed by atoms with Gasteiger partial charge >= 0.3 is 5.97 Å². The van der Waals surface area contributed by atoms with Gasteiger partial charge < -0.3 is 14.5 Å². The third-order valence-electron chi connectivity index (χ3n) is 5.16. The molecule has 154 valence electrons. The molecule has 2 aromatic carbocycles. The van der Waals surface area contributed by atoms with Crippen LogP contribution in [-0.4, -0.2) is 18.0 Å². The third kappa shape index (κ3) is 5.00. The number of furan rings is 1. The monoisotopic (exact) mass is 467 g/mol. The first-order chi connectivity index (χ1) is 14.6. The van der Waals surface area contributed by atoms with Crippen molar-refractivity contribution in [2.45, 2.75) is 38.2 Å². The summed E-state index contributed by atoms with van der Waals surface area (Å²) in [4.78, 5) is 24.8. The Morgan fingerprint density at radius 3 is 2.30 bits per heavy atom. The minimum Gasteiger partial charge on any atom is -0.459 e. The topological polar surface area (TPSA) is 68.5 Å². The number of anilines is 1. The van der Waals surface area contributed by atoms with Crippen LogP contribution in [0, 0.1) is 0 Å². The number of rotatable bonds is 5. The van der Waals surface area contributed by atoms with Gasteiger partial charge in [-0.05, 0) is 74.2 Å². The lowest BCUT2D eigenvalue weighted by molar-refractivity contribution is 0.0211. The lowest BCUT2D eigenvalue weighted by atomic mass is 9.98. The zero-order valence-corrected chi connectivity index (χ0v) is 18.0. The summed E-state index contributed by atoms with van der Waals surface area (Å²) in [5.74, 6) is 0.169. The minimum atomic E-state index is -0.351. The minimum absolute atomic E-state index is 0.0181. The molecule has 6 heteroatoms. The molecule has 1 saturated carbocycles. The van der Waals surface area contributed by atoms with E-state index >= 15 is 0 Å². The maximum Gasteiger partial charge on any atom is 0.338 e. The lowest BCUT2D eigenvalue weighted by Crippen LogP contribution is -2.20. The highest BCUT2D eigenvalue weighted by atomic mass is 79.9. The molecule has 30 heavy (non-hydrogen) atoms. The van der Waals surface area contributed by atoms with E-state index in [4.69, 9.17) is 9.15 Å². The van der Waals surface area contributed by atoms with Gasteiger partial charge in [-0.1, -0.05) is 34.5 Å². The highest BCUT2D eigenvalue weighted by Gasteiger charge is 2.19. The molecule has 0 spiro atoms. The van der Waals surface area contributed by atoms with Crippen LogP contribution < -0.4 is 5.32 Å². The van der Waals surface area contributed by atoms with Crippen molar-refractivity contribution < 1.29 is 18.7 Å². The van der Waals surface area contributed by atoms with E-state index < -0.39 is 0 Å². The molecule has 0 aliphatic heterocycles. The van der Waals surface area contributed by atoms with Gasteiger partial charge in [0, 0.05) is 15.7 Å². The first-order valence-corrected chi connectivity index (χ1v) is 10.9. The van der Waals surface area contributed by atoms with Crippen molar-refractivity contribution in [3.05, 3.63) is 76.5 Å². The molecule has 1 aliphatic rings. The summed E-state index contributed by atoms with van der Waals surface area (Å²) in [6.07, 6.45) is 5.32. The number of hydrogen-bond acceptors (Lipinski definition) is 4. The Morgan fingerprint density at radius 1 is 0.900 bits per heavy atom. The van der Waals surface area contributed by atoms with Crippen molar-refractivity contribution in [2.75, 3.05) is 5.32 Å². The highest BCUT2D eigenvalue weighted by molar-refractivity contribution is 9.10. The SMILES string of the molecule is O=C(OC1CCCCC1)c1ccc(NC(=O)c2ccc(-c3ccc(Br)cc3)o2)cc1. The molecule has 0 saturated heterocycles. The average molecular weight is 468 g/mol. The Bertz CT molecular complexity index is 1020. The fourth-order valence-corrected chi connectivity index (χ4v) is 3.78. The number of nitrogens with one attached hydrogen (secondary N) is 1. The molecule has 4 rings (SSSR count). The first kappa shape index (κ1) is 20.4. The van der Waals surface area contributed by atoms with Crippen molar-refractivity contribution in [1.82, 2.24) is 0 Å². The summed E-state index contributed by atoms with van der Waals surface area (Å²) in [6, 6.07) is 17.8. The van der Waals surface area contributed by atoms with Crippen LogP contribution in [0.3, 0.4) is 0 Å². The summed E-state index contributed by atoms with van der Waals surface area (Å²) < 4.78 is 12.2. The van der Waals surface area contributed by atoms with Gasteiger partial charge in [-0.25, -0.2) is 4.79 Å². The quantitative estimate of drug-likeness (QED) is 0.437. The molecule has 1 amide bonds. The molecule has 5 nitrogen and oxygen atoms in total. The average Bonchev–Trinajstić information content (AvgIpc) is 3.26. The number of amides is 1.